The van der Waals surface area contributed by atoms with E-state index >= 15 is 0 Å². The van der Waals surface area contributed by atoms with Gasteiger partial charge in [0.05, 0.1) is 6.54 Å². The molecule has 0 fully saturated rings. The van der Waals surface area contributed by atoms with Crippen molar-refractivity contribution in [2.24, 2.45) is 5.18 Å². The molecule has 0 bridgehead atoms. The molecule has 102 valence electrons. The molecular formula is C15H26N2O. The number of hydrogen-bond acceptors (Lipinski definition) is 3. The van der Waals surface area contributed by atoms with Gasteiger partial charge in [-0.15, -0.1) is 0 Å². The first kappa shape index (κ1) is 16.6. The minimum atomic E-state index is 0.445. The molecule has 18 heavy (non-hydrogen) atoms. The highest BCUT2D eigenvalue weighted by Crippen LogP contribution is 2.10. The van der Waals surface area contributed by atoms with Crippen molar-refractivity contribution in [1.29, 1.82) is 0 Å². The van der Waals surface area contributed by atoms with Gasteiger partial charge < -0.3 is 4.90 Å². The van der Waals surface area contributed by atoms with Crippen molar-refractivity contribution in [2.75, 3.05) is 19.6 Å². The van der Waals surface area contributed by atoms with Crippen LogP contribution in [0.3, 0.4) is 0 Å². The first-order chi connectivity index (χ1) is 8.79. The molecule has 0 aromatic heterocycles. The predicted molar refractivity (Wildman–Crippen MR) is 79.5 cm³/mol. The lowest BCUT2D eigenvalue weighted by molar-refractivity contribution is 0.343. The number of rotatable bonds is 11. The lowest BCUT2D eigenvalue weighted by Crippen LogP contribution is -2.24. The minimum Gasteiger partial charge on any atom is -0.372 e. The maximum Gasteiger partial charge on any atom is 0.0811 e. The maximum atomic E-state index is 9.99. The van der Waals surface area contributed by atoms with Crippen LogP contribution in [-0.4, -0.2) is 24.5 Å². The van der Waals surface area contributed by atoms with Gasteiger partial charge in [-0.25, -0.2) is 0 Å². The average molecular weight is 250 g/mol. The minimum absolute atomic E-state index is 0.445. The third-order valence-corrected chi connectivity index (χ3v) is 2.73. The van der Waals surface area contributed by atoms with Crippen molar-refractivity contribution >= 4 is 0 Å². The summed E-state index contributed by atoms with van der Waals surface area (Å²) in [7, 11) is 0. The van der Waals surface area contributed by atoms with Gasteiger partial charge in [0.2, 0.25) is 0 Å². The summed E-state index contributed by atoms with van der Waals surface area (Å²) in [6, 6.07) is 0. The number of allylic oxidation sites excluding steroid dienone is 4. The van der Waals surface area contributed by atoms with Gasteiger partial charge in [-0.3, -0.25) is 0 Å². The molecular weight excluding hydrogens is 224 g/mol. The molecule has 0 unspecified atom stereocenters. The van der Waals surface area contributed by atoms with Gasteiger partial charge in [0, 0.05) is 18.8 Å². The molecule has 0 radical (unpaired) electrons. The van der Waals surface area contributed by atoms with Gasteiger partial charge in [0.25, 0.3) is 0 Å². The summed E-state index contributed by atoms with van der Waals surface area (Å²) < 4.78 is 0. The summed E-state index contributed by atoms with van der Waals surface area (Å²) in [6.07, 6.45) is 12.2. The normalized spacial score (nSPS) is 11.8. The van der Waals surface area contributed by atoms with Crippen LogP contribution in [-0.2, 0) is 0 Å². The van der Waals surface area contributed by atoms with Crippen LogP contribution in [0.1, 0.15) is 39.5 Å². The largest absolute Gasteiger partial charge is 0.372 e. The molecule has 0 rings (SSSR count). The summed E-state index contributed by atoms with van der Waals surface area (Å²) in [5.74, 6) is 0. The molecule has 0 aromatic carbocycles. The highest BCUT2D eigenvalue weighted by molar-refractivity contribution is 5.20. The van der Waals surface area contributed by atoms with E-state index in [2.05, 4.69) is 42.7 Å². The van der Waals surface area contributed by atoms with Gasteiger partial charge in [0.15, 0.2) is 0 Å². The molecule has 3 nitrogen and oxygen atoms in total. The summed E-state index contributed by atoms with van der Waals surface area (Å²) in [5.41, 5.74) is 1.24. The van der Waals surface area contributed by atoms with Crippen LogP contribution in [0.25, 0.3) is 0 Å². The van der Waals surface area contributed by atoms with Crippen molar-refractivity contribution in [1.82, 2.24) is 4.90 Å². The van der Waals surface area contributed by atoms with Gasteiger partial charge >= 0.3 is 0 Å². The Morgan fingerprint density at radius 2 is 2.06 bits per heavy atom. The van der Waals surface area contributed by atoms with Crippen LogP contribution in [0.15, 0.2) is 41.8 Å². The van der Waals surface area contributed by atoms with Crippen LogP contribution in [0, 0.1) is 4.91 Å². The number of nitrogens with zero attached hydrogens (tertiary/aromatic N) is 2. The zero-order valence-corrected chi connectivity index (χ0v) is 11.8. The smallest absolute Gasteiger partial charge is 0.0811 e. The fourth-order valence-electron chi connectivity index (χ4n) is 1.85. The first-order valence-corrected chi connectivity index (χ1v) is 6.79. The Bertz CT molecular complexity index is 282. The zero-order valence-electron chi connectivity index (χ0n) is 11.8. The Labute approximate surface area is 111 Å². The Balaban J connectivity index is 4.22. The first-order valence-electron chi connectivity index (χ1n) is 6.79. The van der Waals surface area contributed by atoms with Crippen LogP contribution in [0.5, 0.6) is 0 Å². The monoisotopic (exact) mass is 250 g/mol. The van der Waals surface area contributed by atoms with Crippen LogP contribution in [0.2, 0.25) is 0 Å². The van der Waals surface area contributed by atoms with E-state index in [1.165, 1.54) is 5.70 Å². The molecule has 0 saturated carbocycles. The van der Waals surface area contributed by atoms with E-state index in [4.69, 9.17) is 0 Å². The summed E-state index contributed by atoms with van der Waals surface area (Å²) in [5, 5.41) is 2.88. The predicted octanol–water partition coefficient (Wildman–Crippen LogP) is 4.28. The molecule has 0 N–H and O–H groups in total. The van der Waals surface area contributed by atoms with E-state index in [1.54, 1.807) is 6.08 Å². The Morgan fingerprint density at radius 3 is 2.61 bits per heavy atom. The molecule has 3 heteroatoms. The topological polar surface area (TPSA) is 32.7 Å². The Hall–Kier alpha value is -1.38. The maximum absolute atomic E-state index is 9.99. The fraction of sp³-hybridized carbons (Fsp3) is 0.600. The van der Waals surface area contributed by atoms with Crippen molar-refractivity contribution < 1.29 is 0 Å². The Morgan fingerprint density at radius 1 is 1.28 bits per heavy atom. The summed E-state index contributed by atoms with van der Waals surface area (Å²) in [4.78, 5) is 12.4. The van der Waals surface area contributed by atoms with Gasteiger partial charge in [-0.1, -0.05) is 36.9 Å². The summed E-state index contributed by atoms with van der Waals surface area (Å²) >= 11 is 0. The molecule has 0 aliphatic rings. The van der Waals surface area contributed by atoms with Crippen molar-refractivity contribution in [2.45, 2.75) is 39.5 Å². The standard InChI is InChI=1S/C15H26N2O/c1-4-7-11-15(6-3)17(13-5-2)14-10-8-9-12-16-18/h4,6-7,11H,1,5,8-10,12-14H2,2-3H3/b11-7-,15-6+. The molecule has 0 aliphatic heterocycles. The van der Waals surface area contributed by atoms with E-state index in [1.807, 2.05) is 6.08 Å². The summed E-state index contributed by atoms with van der Waals surface area (Å²) in [6.45, 7) is 10.5. The molecule has 0 amide bonds. The van der Waals surface area contributed by atoms with Gasteiger partial charge in [-0.2, -0.15) is 4.91 Å². The Kier molecular flexibility index (Phi) is 11.2. The number of unbranched alkanes of at least 4 members (excludes halogenated alkanes) is 2. The van der Waals surface area contributed by atoms with E-state index in [-0.39, 0.29) is 0 Å². The third kappa shape index (κ3) is 7.82. The lowest BCUT2D eigenvalue weighted by Gasteiger charge is -2.25. The van der Waals surface area contributed by atoms with Crippen molar-refractivity contribution in [3.05, 3.63) is 41.5 Å². The number of nitroso groups, excluding NO2 is 1. The van der Waals surface area contributed by atoms with Crippen molar-refractivity contribution in [3.8, 4) is 0 Å². The van der Waals surface area contributed by atoms with E-state index in [0.29, 0.717) is 6.54 Å². The quantitative estimate of drug-likeness (QED) is 0.311. The molecule has 0 aliphatic carbocycles. The van der Waals surface area contributed by atoms with Crippen LogP contribution >= 0.6 is 0 Å². The average Bonchev–Trinajstić information content (AvgIpc) is 2.39. The second kappa shape index (κ2) is 12.1. The molecule has 0 atom stereocenters. The molecule has 0 saturated heterocycles. The van der Waals surface area contributed by atoms with E-state index in [0.717, 1.165) is 38.8 Å². The van der Waals surface area contributed by atoms with Crippen molar-refractivity contribution in [3.63, 3.8) is 0 Å². The fourth-order valence-corrected chi connectivity index (χ4v) is 1.85. The third-order valence-electron chi connectivity index (χ3n) is 2.73. The number of hydrogen-bond donors (Lipinski definition) is 0. The van der Waals surface area contributed by atoms with E-state index < -0.39 is 0 Å². The molecule has 0 spiro atoms. The zero-order chi connectivity index (χ0) is 13.6. The highest BCUT2D eigenvalue weighted by atomic mass is 16.3. The van der Waals surface area contributed by atoms with Gasteiger partial charge in [0.1, 0.15) is 0 Å². The molecule has 0 heterocycles. The van der Waals surface area contributed by atoms with Gasteiger partial charge in [-0.05, 0) is 38.7 Å². The second-order valence-corrected chi connectivity index (χ2v) is 4.21. The second-order valence-electron chi connectivity index (χ2n) is 4.21. The lowest BCUT2D eigenvalue weighted by atomic mass is 10.2. The van der Waals surface area contributed by atoms with Crippen LogP contribution in [0.4, 0.5) is 0 Å². The van der Waals surface area contributed by atoms with E-state index in [9.17, 15) is 4.91 Å². The SMILES string of the molecule is C=C/C=C\C(=C/C)N(CCC)CCCCCN=O. The van der Waals surface area contributed by atoms with Crippen LogP contribution < -0.4 is 0 Å². The molecule has 0 aromatic rings. The highest BCUT2D eigenvalue weighted by Gasteiger charge is 2.04.